The van der Waals surface area contributed by atoms with Gasteiger partial charge in [0.05, 0.1) is 35.9 Å². The monoisotopic (exact) mass is 545 g/mol. The summed E-state index contributed by atoms with van der Waals surface area (Å²) in [6.45, 7) is -0.133. The lowest BCUT2D eigenvalue weighted by Crippen LogP contribution is -2.42. The van der Waals surface area contributed by atoms with Crippen LogP contribution in [0.25, 0.3) is 0 Å². The number of thiophene rings is 1. The molecule has 200 valence electrons. The standard InChI is InChI=1S/C27H26F3N3O4S/c1-36-14-13-32(26(35)18-9-11-19(12-10-18)27(28,29)30)17-25(34)33-22(20-6-3-4-7-23(20)37-2)16-21(31-33)24-8-5-15-38-24/h3-12,15,22H,13-14,16-17H2,1-2H3. The van der Waals surface area contributed by atoms with Gasteiger partial charge in [-0.1, -0.05) is 24.3 Å². The minimum atomic E-state index is -4.52. The van der Waals surface area contributed by atoms with Gasteiger partial charge in [-0.25, -0.2) is 5.01 Å². The lowest BCUT2D eigenvalue weighted by Gasteiger charge is -2.27. The quantitative estimate of drug-likeness (QED) is 0.369. The number of hydrogen-bond donors (Lipinski definition) is 0. The Morgan fingerprint density at radius 3 is 2.45 bits per heavy atom. The Morgan fingerprint density at radius 2 is 1.82 bits per heavy atom. The molecule has 0 saturated carbocycles. The number of amides is 2. The van der Waals surface area contributed by atoms with Gasteiger partial charge >= 0.3 is 6.18 Å². The zero-order chi connectivity index (χ0) is 27.3. The van der Waals surface area contributed by atoms with Crippen LogP contribution in [0.15, 0.2) is 71.1 Å². The Hall–Kier alpha value is -3.70. The van der Waals surface area contributed by atoms with Gasteiger partial charge in [0.25, 0.3) is 11.8 Å². The molecule has 1 aliphatic heterocycles. The van der Waals surface area contributed by atoms with Crippen LogP contribution >= 0.6 is 11.3 Å². The molecule has 0 bridgehead atoms. The molecular formula is C27H26F3N3O4S. The highest BCUT2D eigenvalue weighted by Gasteiger charge is 2.36. The van der Waals surface area contributed by atoms with E-state index in [1.54, 1.807) is 13.2 Å². The van der Waals surface area contributed by atoms with Gasteiger partial charge < -0.3 is 14.4 Å². The molecule has 2 aromatic carbocycles. The average Bonchev–Trinajstić information content (AvgIpc) is 3.60. The van der Waals surface area contributed by atoms with Crippen LogP contribution in [0.5, 0.6) is 5.75 Å². The van der Waals surface area contributed by atoms with Crippen molar-refractivity contribution in [1.29, 1.82) is 0 Å². The molecule has 0 spiro atoms. The third-order valence-corrected chi connectivity index (χ3v) is 7.03. The minimum absolute atomic E-state index is 0.0346. The Morgan fingerprint density at radius 1 is 1.08 bits per heavy atom. The molecule has 3 aromatic rings. The molecule has 0 radical (unpaired) electrons. The van der Waals surface area contributed by atoms with E-state index in [4.69, 9.17) is 9.47 Å². The van der Waals surface area contributed by atoms with Gasteiger partial charge in [0, 0.05) is 31.2 Å². The van der Waals surface area contributed by atoms with Crippen molar-refractivity contribution in [2.45, 2.75) is 18.6 Å². The summed E-state index contributed by atoms with van der Waals surface area (Å²) in [5.41, 5.74) is 0.686. The number of hydrazone groups is 1. The van der Waals surface area contributed by atoms with Crippen molar-refractivity contribution in [2.24, 2.45) is 5.10 Å². The Labute approximate surface area is 222 Å². The maximum Gasteiger partial charge on any atom is 0.416 e. The number of nitrogens with zero attached hydrogens (tertiary/aromatic N) is 3. The van der Waals surface area contributed by atoms with E-state index in [1.165, 1.54) is 28.4 Å². The lowest BCUT2D eigenvalue weighted by atomic mass is 10.00. The SMILES string of the molecule is COCCN(CC(=O)N1N=C(c2cccs2)CC1c1ccccc1OC)C(=O)c1ccc(C(F)(F)F)cc1. The second kappa shape index (κ2) is 11.8. The molecule has 1 aromatic heterocycles. The fraction of sp³-hybridized carbons (Fsp3) is 0.296. The van der Waals surface area contributed by atoms with Gasteiger partial charge in [0.1, 0.15) is 12.3 Å². The molecule has 2 amide bonds. The van der Waals surface area contributed by atoms with Crippen molar-refractivity contribution < 1.29 is 32.2 Å². The predicted octanol–water partition coefficient (Wildman–Crippen LogP) is 5.24. The molecule has 1 atom stereocenters. The molecule has 1 unspecified atom stereocenters. The van der Waals surface area contributed by atoms with Crippen LogP contribution in [-0.4, -0.2) is 61.4 Å². The van der Waals surface area contributed by atoms with E-state index in [1.807, 2.05) is 35.7 Å². The van der Waals surface area contributed by atoms with Crippen molar-refractivity contribution in [1.82, 2.24) is 9.91 Å². The maximum absolute atomic E-state index is 13.6. The van der Waals surface area contributed by atoms with E-state index < -0.39 is 29.6 Å². The van der Waals surface area contributed by atoms with Crippen LogP contribution in [0, 0.1) is 0 Å². The van der Waals surface area contributed by atoms with Crippen LogP contribution in [0.4, 0.5) is 13.2 Å². The maximum atomic E-state index is 13.6. The molecule has 1 aliphatic rings. The van der Waals surface area contributed by atoms with Gasteiger partial charge in [-0.3, -0.25) is 9.59 Å². The van der Waals surface area contributed by atoms with E-state index in [-0.39, 0.29) is 25.3 Å². The zero-order valence-corrected chi connectivity index (χ0v) is 21.6. The number of halogens is 3. The molecule has 7 nitrogen and oxygen atoms in total. The predicted molar refractivity (Wildman–Crippen MR) is 137 cm³/mol. The number of para-hydroxylation sites is 1. The summed E-state index contributed by atoms with van der Waals surface area (Å²) < 4.78 is 49.6. The summed E-state index contributed by atoms with van der Waals surface area (Å²) in [5, 5.41) is 7.92. The molecule has 11 heteroatoms. The van der Waals surface area contributed by atoms with Crippen LogP contribution in [0.1, 0.15) is 38.8 Å². The number of carbonyl (C=O) groups is 2. The Kier molecular flexibility index (Phi) is 8.48. The molecule has 38 heavy (non-hydrogen) atoms. The van der Waals surface area contributed by atoms with Crippen molar-refractivity contribution in [2.75, 3.05) is 33.9 Å². The van der Waals surface area contributed by atoms with Gasteiger partial charge in [0.2, 0.25) is 0 Å². The molecule has 0 aliphatic carbocycles. The van der Waals surface area contributed by atoms with E-state index in [2.05, 4.69) is 5.10 Å². The van der Waals surface area contributed by atoms with Crippen LogP contribution in [-0.2, 0) is 15.7 Å². The summed E-state index contributed by atoms with van der Waals surface area (Å²) in [6, 6.07) is 14.6. The highest BCUT2D eigenvalue weighted by molar-refractivity contribution is 7.12. The minimum Gasteiger partial charge on any atom is -0.496 e. The largest absolute Gasteiger partial charge is 0.496 e. The van der Waals surface area contributed by atoms with Crippen molar-refractivity contribution in [3.63, 3.8) is 0 Å². The van der Waals surface area contributed by atoms with E-state index in [0.717, 1.165) is 40.4 Å². The number of methoxy groups -OCH3 is 2. The van der Waals surface area contributed by atoms with Crippen molar-refractivity contribution in [3.05, 3.63) is 87.6 Å². The Balaban J connectivity index is 1.61. The van der Waals surface area contributed by atoms with Crippen LogP contribution in [0.3, 0.4) is 0 Å². The first kappa shape index (κ1) is 27.3. The number of benzene rings is 2. The normalized spacial score (nSPS) is 15.3. The summed E-state index contributed by atoms with van der Waals surface area (Å²) >= 11 is 1.51. The topological polar surface area (TPSA) is 71.4 Å². The fourth-order valence-corrected chi connectivity index (χ4v) is 4.91. The van der Waals surface area contributed by atoms with E-state index >= 15 is 0 Å². The molecule has 4 rings (SSSR count). The third-order valence-electron chi connectivity index (χ3n) is 6.11. The van der Waals surface area contributed by atoms with Gasteiger partial charge in [0.15, 0.2) is 0 Å². The first-order chi connectivity index (χ1) is 18.2. The van der Waals surface area contributed by atoms with Crippen LogP contribution < -0.4 is 4.74 Å². The van der Waals surface area contributed by atoms with Crippen molar-refractivity contribution in [3.8, 4) is 5.75 Å². The van der Waals surface area contributed by atoms with Gasteiger partial charge in [-0.05, 0) is 41.8 Å². The number of ether oxygens (including phenoxy) is 2. The van der Waals surface area contributed by atoms with Gasteiger partial charge in [-0.15, -0.1) is 11.3 Å². The van der Waals surface area contributed by atoms with E-state index in [9.17, 15) is 22.8 Å². The van der Waals surface area contributed by atoms with Crippen molar-refractivity contribution >= 4 is 28.9 Å². The fourth-order valence-electron chi connectivity index (χ4n) is 4.19. The summed E-state index contributed by atoms with van der Waals surface area (Å²) in [7, 11) is 3.01. The summed E-state index contributed by atoms with van der Waals surface area (Å²) in [6.07, 6.45) is -4.06. The van der Waals surface area contributed by atoms with E-state index in [0.29, 0.717) is 12.2 Å². The second-order valence-corrected chi connectivity index (χ2v) is 9.47. The number of carbonyl (C=O) groups excluding carboxylic acids is 2. The smallest absolute Gasteiger partial charge is 0.416 e. The number of hydrogen-bond acceptors (Lipinski definition) is 6. The van der Waals surface area contributed by atoms with Gasteiger partial charge in [-0.2, -0.15) is 18.3 Å². The molecule has 0 saturated heterocycles. The molecule has 0 fully saturated rings. The zero-order valence-electron chi connectivity index (χ0n) is 20.8. The Bertz CT molecular complexity index is 1290. The van der Waals surface area contributed by atoms with Crippen LogP contribution in [0.2, 0.25) is 0 Å². The first-order valence-corrected chi connectivity index (χ1v) is 12.6. The second-order valence-electron chi connectivity index (χ2n) is 8.52. The highest BCUT2D eigenvalue weighted by Crippen LogP contribution is 2.38. The molecule has 0 N–H and O–H groups in total. The third kappa shape index (κ3) is 6.05. The lowest BCUT2D eigenvalue weighted by molar-refractivity contribution is -0.137. The average molecular weight is 546 g/mol. The first-order valence-electron chi connectivity index (χ1n) is 11.7. The number of rotatable bonds is 9. The summed E-state index contributed by atoms with van der Waals surface area (Å²) in [5.74, 6) is -0.418. The molecule has 2 heterocycles. The molecular weight excluding hydrogens is 519 g/mol. The summed E-state index contributed by atoms with van der Waals surface area (Å²) in [4.78, 5) is 29.1. The highest BCUT2D eigenvalue weighted by atomic mass is 32.1. The number of alkyl halides is 3.